The van der Waals surface area contributed by atoms with Crippen molar-refractivity contribution in [1.29, 1.82) is 0 Å². The number of allylic oxidation sites excluding steroid dienone is 1. The highest BCUT2D eigenvalue weighted by Gasteiger charge is 2.59. The van der Waals surface area contributed by atoms with E-state index in [4.69, 9.17) is 0 Å². The number of benzene rings is 1. The highest BCUT2D eigenvalue weighted by Crippen LogP contribution is 2.62. The van der Waals surface area contributed by atoms with E-state index in [-0.39, 0.29) is 0 Å². The molecular formula is C15H14SSi. The van der Waals surface area contributed by atoms with Gasteiger partial charge in [0.05, 0.1) is 0 Å². The molecule has 2 aromatic rings. The zero-order valence-electron chi connectivity index (χ0n) is 10.0. The summed E-state index contributed by atoms with van der Waals surface area (Å²) in [6.45, 7) is 4.88. The monoisotopic (exact) mass is 254 g/mol. The molecule has 0 spiro atoms. The van der Waals surface area contributed by atoms with Crippen molar-refractivity contribution in [2.24, 2.45) is 0 Å². The minimum atomic E-state index is -1.39. The molecule has 1 aromatic heterocycles. The molecule has 2 aliphatic heterocycles. The Morgan fingerprint density at radius 1 is 1.12 bits per heavy atom. The van der Waals surface area contributed by atoms with Crippen molar-refractivity contribution in [3.05, 3.63) is 57.8 Å². The third-order valence-electron chi connectivity index (χ3n) is 4.52. The van der Waals surface area contributed by atoms with Crippen LogP contribution in [0.4, 0.5) is 0 Å². The Kier molecular flexibility index (Phi) is 1.74. The molecule has 0 fully saturated rings. The summed E-state index contributed by atoms with van der Waals surface area (Å²) in [6.07, 6.45) is 0. The fourth-order valence-electron chi connectivity index (χ4n) is 3.85. The Labute approximate surface area is 107 Å². The Morgan fingerprint density at radius 2 is 1.88 bits per heavy atom. The topological polar surface area (TPSA) is 0 Å². The summed E-state index contributed by atoms with van der Waals surface area (Å²) >= 11 is 1.96. The lowest BCUT2D eigenvalue weighted by atomic mass is 10.2. The maximum atomic E-state index is 2.54. The Balaban J connectivity index is 1.94. The van der Waals surface area contributed by atoms with Crippen LogP contribution in [0.15, 0.2) is 47.4 Å². The lowest BCUT2D eigenvalue weighted by Gasteiger charge is -2.42. The van der Waals surface area contributed by atoms with Crippen LogP contribution in [0.3, 0.4) is 0 Å². The summed E-state index contributed by atoms with van der Waals surface area (Å²) in [7, 11) is -1.39. The van der Waals surface area contributed by atoms with Crippen LogP contribution >= 0.6 is 11.3 Å². The van der Waals surface area contributed by atoms with E-state index in [2.05, 4.69) is 55.2 Å². The summed E-state index contributed by atoms with van der Waals surface area (Å²) in [5.41, 5.74) is 4.01. The van der Waals surface area contributed by atoms with Crippen molar-refractivity contribution in [2.45, 2.75) is 19.0 Å². The molecule has 0 radical (unpaired) electrons. The lowest BCUT2D eigenvalue weighted by molar-refractivity contribution is 1.10. The normalized spacial score (nSPS) is 29.2. The number of hydrogen-bond acceptors (Lipinski definition) is 1. The first-order chi connectivity index (χ1) is 8.24. The molecule has 1 aromatic carbocycles. The summed E-state index contributed by atoms with van der Waals surface area (Å²) in [6, 6.07) is 13.5. The largest absolute Gasteiger partial charge is 0.148 e. The average Bonchev–Trinajstić information content (AvgIpc) is 2.94. The van der Waals surface area contributed by atoms with Crippen LogP contribution in [0.1, 0.15) is 22.9 Å². The van der Waals surface area contributed by atoms with Gasteiger partial charge in [-0.05, 0) is 29.1 Å². The second-order valence-corrected chi connectivity index (χ2v) is 10.3. The van der Waals surface area contributed by atoms with Crippen molar-refractivity contribution in [1.82, 2.24) is 0 Å². The van der Waals surface area contributed by atoms with E-state index in [0.29, 0.717) is 0 Å². The third kappa shape index (κ3) is 0.953. The highest BCUT2D eigenvalue weighted by molar-refractivity contribution is 7.18. The standard InChI is InChI=1S/C15H14SSi/c1-10-14-12-8-9-16-13(12)15(10)17(14,2)11-6-4-3-5-7-11/h3-9,15H,1-2H3. The minimum Gasteiger partial charge on any atom is -0.148 e. The van der Waals surface area contributed by atoms with Crippen molar-refractivity contribution >= 4 is 29.8 Å². The molecule has 3 heterocycles. The molecule has 2 aliphatic rings. The van der Waals surface area contributed by atoms with Gasteiger partial charge in [-0.1, -0.05) is 47.6 Å². The Bertz CT molecular complexity index is 638. The molecule has 0 saturated carbocycles. The lowest BCUT2D eigenvalue weighted by Crippen LogP contribution is -2.55. The van der Waals surface area contributed by atoms with Gasteiger partial charge in [-0.3, -0.25) is 0 Å². The highest BCUT2D eigenvalue weighted by atomic mass is 32.1. The molecule has 84 valence electrons. The summed E-state index contributed by atoms with van der Waals surface area (Å²) in [5, 5.41) is 5.59. The van der Waals surface area contributed by atoms with Gasteiger partial charge in [-0.25, -0.2) is 0 Å². The van der Waals surface area contributed by atoms with E-state index >= 15 is 0 Å². The van der Waals surface area contributed by atoms with Crippen LogP contribution in [0.25, 0.3) is 5.20 Å². The number of hydrogen-bond donors (Lipinski definition) is 0. The zero-order chi connectivity index (χ0) is 11.6. The maximum Gasteiger partial charge on any atom is 0.127 e. The number of fused-ring (bicyclic) bond motifs is 5. The molecule has 0 aliphatic carbocycles. The van der Waals surface area contributed by atoms with Crippen LogP contribution in [0.5, 0.6) is 0 Å². The summed E-state index contributed by atoms with van der Waals surface area (Å²) in [4.78, 5) is 1.65. The summed E-state index contributed by atoms with van der Waals surface area (Å²) in [5.74, 6) is 0. The van der Waals surface area contributed by atoms with E-state index in [9.17, 15) is 0 Å². The molecule has 0 saturated heterocycles. The predicted octanol–water partition coefficient (Wildman–Crippen LogP) is 3.70. The molecule has 4 rings (SSSR count). The first-order valence-electron chi connectivity index (χ1n) is 6.09. The molecule has 0 nitrogen and oxygen atoms in total. The van der Waals surface area contributed by atoms with Crippen molar-refractivity contribution in [2.75, 3.05) is 0 Å². The second-order valence-electron chi connectivity index (χ2n) is 5.26. The van der Waals surface area contributed by atoms with Crippen LogP contribution < -0.4 is 5.19 Å². The molecule has 2 heteroatoms. The number of rotatable bonds is 1. The van der Waals surface area contributed by atoms with Crippen LogP contribution in [0.2, 0.25) is 6.55 Å². The van der Waals surface area contributed by atoms with Crippen molar-refractivity contribution in [3.63, 3.8) is 0 Å². The Hall–Kier alpha value is -1.12. The Morgan fingerprint density at radius 3 is 2.59 bits per heavy atom. The van der Waals surface area contributed by atoms with Gasteiger partial charge < -0.3 is 0 Å². The van der Waals surface area contributed by atoms with E-state index in [1.807, 2.05) is 11.3 Å². The molecule has 0 N–H and O–H groups in total. The van der Waals surface area contributed by atoms with Crippen molar-refractivity contribution < 1.29 is 0 Å². The average molecular weight is 254 g/mol. The molecule has 17 heavy (non-hydrogen) atoms. The first kappa shape index (κ1) is 9.86. The first-order valence-corrected chi connectivity index (χ1v) is 9.55. The van der Waals surface area contributed by atoms with Gasteiger partial charge in [0.1, 0.15) is 8.07 Å². The van der Waals surface area contributed by atoms with Gasteiger partial charge in [0, 0.05) is 10.4 Å². The SMILES string of the molecule is CC1=C2c3ccsc3C1[Si]2(C)c1ccccc1. The van der Waals surface area contributed by atoms with E-state index in [1.54, 1.807) is 26.4 Å². The molecular weight excluding hydrogens is 240 g/mol. The van der Waals surface area contributed by atoms with Gasteiger partial charge in [-0.15, -0.1) is 11.3 Å². The van der Waals surface area contributed by atoms with Crippen molar-refractivity contribution in [3.8, 4) is 0 Å². The van der Waals surface area contributed by atoms with Crippen LogP contribution in [-0.4, -0.2) is 8.07 Å². The van der Waals surface area contributed by atoms with Crippen LogP contribution in [0, 0.1) is 0 Å². The zero-order valence-corrected chi connectivity index (χ0v) is 11.8. The quantitative estimate of drug-likeness (QED) is 0.681. The summed E-state index contributed by atoms with van der Waals surface area (Å²) < 4.78 is 0. The third-order valence-corrected chi connectivity index (χ3v) is 10.8. The minimum absolute atomic E-state index is 0.773. The maximum absolute atomic E-state index is 2.54. The molecule has 0 amide bonds. The number of thiophene rings is 1. The molecule has 2 bridgehead atoms. The van der Waals surface area contributed by atoms with Gasteiger partial charge >= 0.3 is 0 Å². The van der Waals surface area contributed by atoms with Gasteiger partial charge in [-0.2, -0.15) is 0 Å². The van der Waals surface area contributed by atoms with E-state index in [0.717, 1.165) is 5.54 Å². The van der Waals surface area contributed by atoms with Crippen LogP contribution in [-0.2, 0) is 0 Å². The van der Waals surface area contributed by atoms with Gasteiger partial charge in [0.15, 0.2) is 0 Å². The smallest absolute Gasteiger partial charge is 0.127 e. The fourth-order valence-corrected chi connectivity index (χ4v) is 10.8. The van der Waals surface area contributed by atoms with E-state index < -0.39 is 8.07 Å². The molecule has 2 atom stereocenters. The van der Waals surface area contributed by atoms with Gasteiger partial charge in [0.25, 0.3) is 0 Å². The van der Waals surface area contributed by atoms with Gasteiger partial charge in [0.2, 0.25) is 0 Å². The predicted molar refractivity (Wildman–Crippen MR) is 77.3 cm³/mol. The van der Waals surface area contributed by atoms with E-state index in [1.165, 1.54) is 0 Å². The molecule has 2 unspecified atom stereocenters. The second kappa shape index (κ2) is 3.00. The fraction of sp³-hybridized carbons (Fsp3) is 0.200.